The Morgan fingerprint density at radius 1 is 0.840 bits per heavy atom. The van der Waals surface area contributed by atoms with Crippen molar-refractivity contribution in [2.45, 2.75) is 20.3 Å². The fourth-order valence-corrected chi connectivity index (χ4v) is 3.36. The van der Waals surface area contributed by atoms with Gasteiger partial charge in [-0.15, -0.1) is 0 Å². The summed E-state index contributed by atoms with van der Waals surface area (Å²) in [5.41, 5.74) is 5.83. The van der Waals surface area contributed by atoms with Crippen LogP contribution in [0.25, 0.3) is 28.1 Å². The summed E-state index contributed by atoms with van der Waals surface area (Å²) in [7, 11) is 0. The van der Waals surface area contributed by atoms with Crippen molar-refractivity contribution in [3.8, 4) is 17.1 Å². The van der Waals surface area contributed by atoms with E-state index in [1.165, 1.54) is 11.3 Å². The maximum Gasteiger partial charge on any atom is 0.145 e. The molecule has 3 aromatic carbocycles. The Morgan fingerprint density at radius 3 is 2.40 bits per heavy atom. The first kappa shape index (κ1) is 15.6. The van der Waals surface area contributed by atoms with E-state index < -0.39 is 0 Å². The summed E-state index contributed by atoms with van der Waals surface area (Å²) in [5.74, 6) is 1.63. The molecular weight excluding hydrogens is 304 g/mol. The van der Waals surface area contributed by atoms with Crippen molar-refractivity contribution in [1.82, 2.24) is 9.55 Å². The molecule has 1 heterocycles. The Kier molecular flexibility index (Phi) is 4.10. The minimum Gasteiger partial charge on any atom is -0.292 e. The highest BCUT2D eigenvalue weighted by molar-refractivity contribution is 5.83. The first-order chi connectivity index (χ1) is 12.2. The molecule has 2 heteroatoms. The molecule has 0 saturated heterocycles. The van der Waals surface area contributed by atoms with Crippen molar-refractivity contribution in [2.75, 3.05) is 0 Å². The van der Waals surface area contributed by atoms with Gasteiger partial charge in [-0.3, -0.25) is 4.57 Å². The number of fused-ring (bicyclic) bond motifs is 1. The van der Waals surface area contributed by atoms with Gasteiger partial charge < -0.3 is 0 Å². The minimum atomic E-state index is 0.642. The van der Waals surface area contributed by atoms with E-state index in [9.17, 15) is 0 Å². The van der Waals surface area contributed by atoms with Crippen molar-refractivity contribution in [1.29, 1.82) is 0 Å². The standard InChI is InChI=1S/C23H22N2/c1-17(2)15-18-9-8-12-20(16-18)25-22-14-7-6-13-21(22)24-23(25)19-10-4-3-5-11-19/h3-14,16-17H,15H2,1-2H3. The number of rotatable bonds is 4. The number of hydrogen-bond donors (Lipinski definition) is 0. The highest BCUT2D eigenvalue weighted by Gasteiger charge is 2.14. The lowest BCUT2D eigenvalue weighted by Gasteiger charge is -2.12. The molecule has 0 aliphatic carbocycles. The average Bonchev–Trinajstić information content (AvgIpc) is 3.02. The second-order valence-corrected chi connectivity index (χ2v) is 6.89. The Hall–Kier alpha value is -2.87. The maximum atomic E-state index is 4.91. The molecule has 0 saturated carbocycles. The Balaban J connectivity index is 1.94. The van der Waals surface area contributed by atoms with Crippen molar-refractivity contribution < 1.29 is 0 Å². The predicted molar refractivity (Wildman–Crippen MR) is 105 cm³/mol. The van der Waals surface area contributed by atoms with Crippen LogP contribution in [0.1, 0.15) is 19.4 Å². The van der Waals surface area contributed by atoms with Gasteiger partial charge in [0.25, 0.3) is 0 Å². The molecule has 124 valence electrons. The normalized spacial score (nSPS) is 11.3. The highest BCUT2D eigenvalue weighted by Crippen LogP contribution is 2.29. The lowest BCUT2D eigenvalue weighted by Crippen LogP contribution is -2.00. The van der Waals surface area contributed by atoms with Gasteiger partial charge in [0.2, 0.25) is 0 Å². The molecule has 0 aliphatic heterocycles. The van der Waals surface area contributed by atoms with Crippen LogP contribution < -0.4 is 0 Å². The fraction of sp³-hybridized carbons (Fsp3) is 0.174. The van der Waals surface area contributed by atoms with Crippen LogP contribution in [0, 0.1) is 5.92 Å². The summed E-state index contributed by atoms with van der Waals surface area (Å²) >= 11 is 0. The van der Waals surface area contributed by atoms with Gasteiger partial charge in [0.05, 0.1) is 11.0 Å². The third-order valence-corrected chi connectivity index (χ3v) is 4.41. The number of nitrogens with zero attached hydrogens (tertiary/aromatic N) is 2. The molecule has 25 heavy (non-hydrogen) atoms. The Labute approximate surface area is 148 Å². The number of hydrogen-bond acceptors (Lipinski definition) is 1. The SMILES string of the molecule is CC(C)Cc1cccc(-n2c(-c3ccccc3)nc3ccccc32)c1. The van der Waals surface area contributed by atoms with Gasteiger partial charge in [-0.05, 0) is 42.2 Å². The molecule has 0 unspecified atom stereocenters. The monoisotopic (exact) mass is 326 g/mol. The second-order valence-electron chi connectivity index (χ2n) is 6.89. The molecule has 0 spiro atoms. The van der Waals surface area contributed by atoms with Gasteiger partial charge >= 0.3 is 0 Å². The molecule has 0 aliphatic rings. The lowest BCUT2D eigenvalue weighted by molar-refractivity contribution is 0.647. The smallest absolute Gasteiger partial charge is 0.145 e. The first-order valence-electron chi connectivity index (χ1n) is 8.84. The molecule has 0 fully saturated rings. The van der Waals surface area contributed by atoms with Crippen molar-refractivity contribution >= 4 is 11.0 Å². The molecule has 0 bridgehead atoms. The van der Waals surface area contributed by atoms with Crippen LogP contribution in [0.4, 0.5) is 0 Å². The van der Waals surface area contributed by atoms with E-state index in [1.54, 1.807) is 0 Å². The summed E-state index contributed by atoms with van der Waals surface area (Å²) in [6.07, 6.45) is 1.08. The van der Waals surface area contributed by atoms with Gasteiger partial charge in [-0.25, -0.2) is 4.98 Å². The van der Waals surface area contributed by atoms with E-state index in [-0.39, 0.29) is 0 Å². The molecule has 4 rings (SSSR count). The highest BCUT2D eigenvalue weighted by atomic mass is 15.1. The Morgan fingerprint density at radius 2 is 1.60 bits per heavy atom. The van der Waals surface area contributed by atoms with E-state index in [2.05, 4.69) is 85.1 Å². The zero-order valence-electron chi connectivity index (χ0n) is 14.7. The molecule has 4 aromatic rings. The quantitative estimate of drug-likeness (QED) is 0.457. The van der Waals surface area contributed by atoms with Gasteiger partial charge in [0.1, 0.15) is 5.82 Å². The van der Waals surface area contributed by atoms with E-state index >= 15 is 0 Å². The molecule has 1 aromatic heterocycles. The second kappa shape index (κ2) is 6.56. The summed E-state index contributed by atoms with van der Waals surface area (Å²) in [6, 6.07) is 27.6. The zero-order valence-corrected chi connectivity index (χ0v) is 14.7. The lowest BCUT2D eigenvalue weighted by atomic mass is 10.0. The number of aromatic nitrogens is 2. The Bertz CT molecular complexity index is 997. The molecule has 0 radical (unpaired) electrons. The maximum absolute atomic E-state index is 4.91. The third kappa shape index (κ3) is 3.08. The van der Waals surface area contributed by atoms with Crippen LogP contribution in [0.3, 0.4) is 0 Å². The van der Waals surface area contributed by atoms with Crippen molar-refractivity contribution in [3.63, 3.8) is 0 Å². The zero-order chi connectivity index (χ0) is 17.2. The van der Waals surface area contributed by atoms with E-state index in [1.807, 2.05) is 12.1 Å². The summed E-state index contributed by atoms with van der Waals surface area (Å²) in [6.45, 7) is 4.52. The molecule has 0 N–H and O–H groups in total. The van der Waals surface area contributed by atoms with E-state index in [4.69, 9.17) is 4.98 Å². The molecule has 0 atom stereocenters. The fourth-order valence-electron chi connectivity index (χ4n) is 3.36. The summed E-state index contributed by atoms with van der Waals surface area (Å²) in [4.78, 5) is 4.91. The van der Waals surface area contributed by atoms with E-state index in [0.29, 0.717) is 5.92 Å². The third-order valence-electron chi connectivity index (χ3n) is 4.41. The van der Waals surface area contributed by atoms with E-state index in [0.717, 1.165) is 28.8 Å². The van der Waals surface area contributed by atoms with Crippen LogP contribution in [0.2, 0.25) is 0 Å². The summed E-state index contributed by atoms with van der Waals surface area (Å²) in [5, 5.41) is 0. The van der Waals surface area contributed by atoms with Gasteiger partial charge in [0, 0.05) is 11.3 Å². The van der Waals surface area contributed by atoms with Gasteiger partial charge in [-0.2, -0.15) is 0 Å². The van der Waals surface area contributed by atoms with Crippen LogP contribution >= 0.6 is 0 Å². The number of benzene rings is 3. The van der Waals surface area contributed by atoms with Gasteiger partial charge in [0.15, 0.2) is 0 Å². The van der Waals surface area contributed by atoms with Crippen LogP contribution in [0.5, 0.6) is 0 Å². The average molecular weight is 326 g/mol. The minimum absolute atomic E-state index is 0.642. The first-order valence-corrected chi connectivity index (χ1v) is 8.84. The number of para-hydroxylation sites is 2. The van der Waals surface area contributed by atoms with Crippen molar-refractivity contribution in [2.24, 2.45) is 5.92 Å². The molecule has 0 amide bonds. The molecule has 2 nitrogen and oxygen atoms in total. The molecular formula is C23H22N2. The van der Waals surface area contributed by atoms with Gasteiger partial charge in [-0.1, -0.05) is 68.4 Å². The summed E-state index contributed by atoms with van der Waals surface area (Å²) < 4.78 is 2.27. The topological polar surface area (TPSA) is 17.8 Å². The van der Waals surface area contributed by atoms with Crippen LogP contribution in [-0.2, 0) is 6.42 Å². The van der Waals surface area contributed by atoms with Crippen LogP contribution in [-0.4, -0.2) is 9.55 Å². The predicted octanol–water partition coefficient (Wildman–Crippen LogP) is 5.89. The van der Waals surface area contributed by atoms with Crippen LogP contribution in [0.15, 0.2) is 78.9 Å². The van der Waals surface area contributed by atoms with Crippen molar-refractivity contribution in [3.05, 3.63) is 84.4 Å². The largest absolute Gasteiger partial charge is 0.292 e. The number of imidazole rings is 1.